The fraction of sp³-hybridized carbons (Fsp3) is 0.0476. The lowest BCUT2D eigenvalue weighted by atomic mass is 9.91. The van der Waals surface area contributed by atoms with Crippen molar-refractivity contribution in [1.82, 2.24) is 4.57 Å². The number of rotatable bonds is 2. The fourth-order valence-corrected chi connectivity index (χ4v) is 8.93. The molecule has 0 spiro atoms. The van der Waals surface area contributed by atoms with E-state index in [1.165, 1.54) is 91.5 Å². The maximum Gasteiger partial charge on any atom is 0.0646 e. The van der Waals surface area contributed by atoms with Crippen LogP contribution in [0.3, 0.4) is 0 Å². The number of aryl methyl sites for hydroxylation is 1. The van der Waals surface area contributed by atoms with Crippen molar-refractivity contribution in [2.45, 2.75) is 12.8 Å². The monoisotopic (exact) mass is 577 g/mol. The quantitative estimate of drug-likeness (QED) is 0.180. The lowest BCUT2D eigenvalue weighted by Gasteiger charge is -2.15. The molecule has 0 fully saturated rings. The van der Waals surface area contributed by atoms with Gasteiger partial charge in [0.25, 0.3) is 0 Å². The van der Waals surface area contributed by atoms with Crippen LogP contribution in [0.1, 0.15) is 16.9 Å². The molecule has 1 aliphatic rings. The van der Waals surface area contributed by atoms with Crippen molar-refractivity contribution in [1.29, 1.82) is 0 Å². The Bertz CT molecular complexity index is 2580. The summed E-state index contributed by atoms with van der Waals surface area (Å²) in [5, 5.41) is 11.9. The molecule has 0 amide bonds. The highest BCUT2D eigenvalue weighted by Crippen LogP contribution is 2.45. The van der Waals surface area contributed by atoms with Gasteiger partial charge in [-0.25, -0.2) is 0 Å². The second kappa shape index (κ2) is 9.16. The lowest BCUT2D eigenvalue weighted by Crippen LogP contribution is -1.96. The third-order valence-corrected chi connectivity index (χ3v) is 10.9. The molecule has 0 aliphatic heterocycles. The van der Waals surface area contributed by atoms with Crippen molar-refractivity contribution in [3.8, 4) is 16.8 Å². The Kier molecular flexibility index (Phi) is 5.05. The second-order valence-electron chi connectivity index (χ2n) is 12.0. The molecule has 0 unspecified atom stereocenters. The maximum atomic E-state index is 2.51. The second-order valence-corrected chi connectivity index (χ2v) is 13.0. The first-order valence-electron chi connectivity index (χ1n) is 15.4. The topological polar surface area (TPSA) is 4.93 Å². The van der Waals surface area contributed by atoms with Gasteiger partial charge in [-0.1, -0.05) is 103 Å². The normalized spacial score (nSPS) is 13.2. The average Bonchev–Trinajstić information content (AvgIpc) is 3.64. The summed E-state index contributed by atoms with van der Waals surface area (Å²) < 4.78 is 3.88. The molecule has 206 valence electrons. The van der Waals surface area contributed by atoms with Crippen LogP contribution >= 0.6 is 11.3 Å². The first-order valence-corrected chi connectivity index (χ1v) is 16.2. The minimum Gasteiger partial charge on any atom is -0.308 e. The van der Waals surface area contributed by atoms with Gasteiger partial charge in [0.05, 0.1) is 21.4 Å². The zero-order valence-corrected chi connectivity index (χ0v) is 24.9. The van der Waals surface area contributed by atoms with Crippen LogP contribution in [-0.2, 0) is 6.42 Å². The number of allylic oxidation sites excluding steroid dienone is 1. The zero-order chi connectivity index (χ0) is 28.8. The molecule has 0 radical (unpaired) electrons. The fourth-order valence-electron chi connectivity index (χ4n) is 7.66. The standard InChI is InChI=1S/C42H27NS/c1-2-13-30-28(11-1)29-12-3-4-14-31(29)36-23-26(21-22-32(30)36)27-24-37-35-17-7-10-20-41(35)44-42(37)40(25-27)43-38-18-8-5-15-33(38)34-16-6-9-19-39(34)43/h1-6,8-16,18-25H,7,17H2. The van der Waals surface area contributed by atoms with Crippen molar-refractivity contribution >= 4 is 81.6 Å². The van der Waals surface area contributed by atoms with Gasteiger partial charge in [0.15, 0.2) is 0 Å². The van der Waals surface area contributed by atoms with E-state index in [9.17, 15) is 0 Å². The third kappa shape index (κ3) is 3.35. The molecule has 44 heavy (non-hydrogen) atoms. The summed E-state index contributed by atoms with van der Waals surface area (Å²) in [6.45, 7) is 0. The molecule has 0 N–H and O–H groups in total. The van der Waals surface area contributed by atoms with Crippen LogP contribution in [0, 0.1) is 0 Å². The first kappa shape index (κ1) is 24.3. The minimum atomic E-state index is 1.09. The predicted octanol–water partition coefficient (Wildman–Crippen LogP) is 12.1. The highest BCUT2D eigenvalue weighted by atomic mass is 32.1. The Morgan fingerprint density at radius 1 is 0.477 bits per heavy atom. The molecule has 10 rings (SSSR count). The minimum absolute atomic E-state index is 1.09. The highest BCUT2D eigenvalue weighted by Gasteiger charge is 2.21. The van der Waals surface area contributed by atoms with Crippen LogP contribution in [0.2, 0.25) is 0 Å². The van der Waals surface area contributed by atoms with Crippen LogP contribution < -0.4 is 0 Å². The van der Waals surface area contributed by atoms with E-state index in [1.807, 2.05) is 11.3 Å². The Hall–Kier alpha value is -5.18. The number of thiophene rings is 1. The van der Waals surface area contributed by atoms with Gasteiger partial charge in [-0.05, 0) is 104 Å². The summed E-state index contributed by atoms with van der Waals surface area (Å²) in [7, 11) is 0. The Labute approximate surface area is 258 Å². The summed E-state index contributed by atoms with van der Waals surface area (Å²) in [5.74, 6) is 0. The zero-order valence-electron chi connectivity index (χ0n) is 24.0. The third-order valence-electron chi connectivity index (χ3n) is 9.63. The molecule has 0 saturated carbocycles. The van der Waals surface area contributed by atoms with E-state index in [4.69, 9.17) is 0 Å². The van der Waals surface area contributed by atoms with Crippen molar-refractivity contribution in [2.24, 2.45) is 0 Å². The van der Waals surface area contributed by atoms with Crippen LogP contribution in [0.5, 0.6) is 0 Å². The van der Waals surface area contributed by atoms with Crippen molar-refractivity contribution in [2.75, 3.05) is 0 Å². The van der Waals surface area contributed by atoms with Crippen molar-refractivity contribution in [3.63, 3.8) is 0 Å². The number of fused-ring (bicyclic) bond motifs is 12. The van der Waals surface area contributed by atoms with Crippen LogP contribution in [0.25, 0.3) is 87.1 Å². The number of para-hydroxylation sites is 2. The number of hydrogen-bond donors (Lipinski definition) is 0. The van der Waals surface area contributed by atoms with E-state index >= 15 is 0 Å². The van der Waals surface area contributed by atoms with E-state index in [0.717, 1.165) is 12.8 Å². The smallest absolute Gasteiger partial charge is 0.0646 e. The highest BCUT2D eigenvalue weighted by molar-refractivity contribution is 7.20. The van der Waals surface area contributed by atoms with Gasteiger partial charge < -0.3 is 4.57 Å². The molecule has 2 heterocycles. The molecule has 0 bridgehead atoms. The van der Waals surface area contributed by atoms with E-state index < -0.39 is 0 Å². The van der Waals surface area contributed by atoms with Crippen LogP contribution in [0.4, 0.5) is 0 Å². The van der Waals surface area contributed by atoms with E-state index in [-0.39, 0.29) is 0 Å². The summed E-state index contributed by atoms with van der Waals surface area (Å²) in [4.78, 5) is 1.40. The summed E-state index contributed by atoms with van der Waals surface area (Å²) in [5.41, 5.74) is 7.80. The number of hydrogen-bond acceptors (Lipinski definition) is 1. The lowest BCUT2D eigenvalue weighted by molar-refractivity contribution is 1.01. The molecule has 2 aromatic heterocycles. The van der Waals surface area contributed by atoms with Gasteiger partial charge in [0.1, 0.15) is 0 Å². The van der Waals surface area contributed by atoms with E-state index in [2.05, 4.69) is 144 Å². The van der Waals surface area contributed by atoms with Crippen molar-refractivity contribution < 1.29 is 0 Å². The van der Waals surface area contributed by atoms with E-state index in [1.54, 1.807) is 0 Å². The Balaban J connectivity index is 1.32. The number of aromatic nitrogens is 1. The van der Waals surface area contributed by atoms with Gasteiger partial charge in [0, 0.05) is 15.6 Å². The molecule has 2 heteroatoms. The average molecular weight is 578 g/mol. The molecular formula is C42H27NS. The SMILES string of the molecule is C1=Cc2sc3c(-n4c5ccccc5c5ccccc54)cc(-c4ccc5c6ccccc6c6ccccc6c5c4)cc3c2CC1. The van der Waals surface area contributed by atoms with Gasteiger partial charge >= 0.3 is 0 Å². The molecule has 9 aromatic rings. The molecule has 0 atom stereocenters. The number of benzene rings is 7. The van der Waals surface area contributed by atoms with Crippen molar-refractivity contribution in [3.05, 3.63) is 144 Å². The van der Waals surface area contributed by atoms with Crippen LogP contribution in [-0.4, -0.2) is 4.57 Å². The molecule has 7 aromatic carbocycles. The first-order chi connectivity index (χ1) is 21.8. The summed E-state index contributed by atoms with van der Waals surface area (Å²) in [6.07, 6.45) is 6.86. The van der Waals surface area contributed by atoms with Gasteiger partial charge in [-0.15, -0.1) is 11.3 Å². The maximum absolute atomic E-state index is 2.51. The van der Waals surface area contributed by atoms with Gasteiger partial charge in [-0.3, -0.25) is 0 Å². The Morgan fingerprint density at radius 3 is 1.68 bits per heavy atom. The predicted molar refractivity (Wildman–Crippen MR) is 191 cm³/mol. The number of nitrogens with zero attached hydrogens (tertiary/aromatic N) is 1. The molecule has 1 aliphatic carbocycles. The van der Waals surface area contributed by atoms with Gasteiger partial charge in [-0.2, -0.15) is 0 Å². The molecular weight excluding hydrogens is 551 g/mol. The van der Waals surface area contributed by atoms with Gasteiger partial charge in [0.2, 0.25) is 0 Å². The molecule has 1 nitrogen and oxygen atoms in total. The molecule has 0 saturated heterocycles. The summed E-state index contributed by atoms with van der Waals surface area (Å²) in [6, 6.07) is 47.4. The summed E-state index contributed by atoms with van der Waals surface area (Å²) >= 11 is 1.94. The Morgan fingerprint density at radius 2 is 1.02 bits per heavy atom. The van der Waals surface area contributed by atoms with Crippen LogP contribution in [0.15, 0.2) is 133 Å². The van der Waals surface area contributed by atoms with E-state index in [0.29, 0.717) is 0 Å². The largest absolute Gasteiger partial charge is 0.308 e.